The molecular formula is C17H18O6. The fourth-order valence-corrected chi connectivity index (χ4v) is 3.14. The van der Waals surface area contributed by atoms with Crippen LogP contribution in [-0.2, 0) is 14.4 Å². The van der Waals surface area contributed by atoms with Crippen LogP contribution < -0.4 is 0 Å². The molecule has 0 aromatic heterocycles. The molecule has 1 aliphatic carbocycles. The standard InChI is InChI=1S/C17H18O6/c1-17(23)9-12(18)13(15(19)20)11(14(17)16(21)22)8-7-10-5-3-2-4-6-10/h2-8,11,13-14,23H,9H2,1H3,(H,19,20)(H,21,22)/b8-7+. The summed E-state index contributed by atoms with van der Waals surface area (Å²) in [6, 6.07) is 8.92. The summed E-state index contributed by atoms with van der Waals surface area (Å²) in [7, 11) is 0. The number of ketones is 1. The Morgan fingerprint density at radius 2 is 1.78 bits per heavy atom. The van der Waals surface area contributed by atoms with Gasteiger partial charge >= 0.3 is 11.9 Å². The summed E-state index contributed by atoms with van der Waals surface area (Å²) in [4.78, 5) is 35.1. The largest absolute Gasteiger partial charge is 0.481 e. The van der Waals surface area contributed by atoms with Crippen LogP contribution in [0.15, 0.2) is 36.4 Å². The number of aliphatic carboxylic acids is 2. The lowest BCUT2D eigenvalue weighted by atomic mass is 9.64. The predicted octanol–water partition coefficient (Wildman–Crippen LogP) is 1.44. The van der Waals surface area contributed by atoms with Gasteiger partial charge in [0, 0.05) is 12.3 Å². The summed E-state index contributed by atoms with van der Waals surface area (Å²) in [5, 5.41) is 29.1. The van der Waals surface area contributed by atoms with Gasteiger partial charge in [-0.2, -0.15) is 0 Å². The summed E-state index contributed by atoms with van der Waals surface area (Å²) in [6.07, 6.45) is 2.49. The van der Waals surface area contributed by atoms with Crippen molar-refractivity contribution in [3.05, 3.63) is 42.0 Å². The topological polar surface area (TPSA) is 112 Å². The van der Waals surface area contributed by atoms with Crippen LogP contribution in [0.25, 0.3) is 6.08 Å². The molecule has 122 valence electrons. The highest BCUT2D eigenvalue weighted by molar-refractivity contribution is 6.01. The number of hydrogen-bond acceptors (Lipinski definition) is 4. The molecule has 3 N–H and O–H groups in total. The van der Waals surface area contributed by atoms with E-state index in [9.17, 15) is 29.7 Å². The number of carbonyl (C=O) groups excluding carboxylic acids is 1. The second-order valence-electron chi connectivity index (χ2n) is 5.98. The van der Waals surface area contributed by atoms with Gasteiger partial charge in [0.1, 0.15) is 5.92 Å². The van der Waals surface area contributed by atoms with Crippen molar-refractivity contribution in [2.24, 2.45) is 17.8 Å². The van der Waals surface area contributed by atoms with Gasteiger partial charge in [0.15, 0.2) is 5.78 Å². The maximum absolute atomic E-state index is 12.1. The van der Waals surface area contributed by atoms with Gasteiger partial charge < -0.3 is 15.3 Å². The predicted molar refractivity (Wildman–Crippen MR) is 81.5 cm³/mol. The normalized spacial score (nSPS) is 31.2. The van der Waals surface area contributed by atoms with Crippen molar-refractivity contribution in [1.29, 1.82) is 0 Å². The minimum atomic E-state index is -1.79. The van der Waals surface area contributed by atoms with Gasteiger partial charge in [-0.05, 0) is 12.5 Å². The number of hydrogen-bond donors (Lipinski definition) is 3. The molecule has 23 heavy (non-hydrogen) atoms. The third-order valence-corrected chi connectivity index (χ3v) is 4.16. The zero-order valence-corrected chi connectivity index (χ0v) is 12.5. The molecule has 2 rings (SSSR count). The van der Waals surface area contributed by atoms with Crippen molar-refractivity contribution in [2.75, 3.05) is 0 Å². The summed E-state index contributed by atoms with van der Waals surface area (Å²) >= 11 is 0. The lowest BCUT2D eigenvalue weighted by Crippen LogP contribution is -2.55. The molecule has 0 amide bonds. The van der Waals surface area contributed by atoms with Gasteiger partial charge in [0.05, 0.1) is 11.5 Å². The summed E-state index contributed by atoms with van der Waals surface area (Å²) in [6.45, 7) is 1.26. The Morgan fingerprint density at radius 3 is 2.30 bits per heavy atom. The molecule has 0 bridgehead atoms. The molecule has 0 heterocycles. The molecule has 1 aromatic rings. The van der Waals surface area contributed by atoms with E-state index in [2.05, 4.69) is 0 Å². The first-order chi connectivity index (χ1) is 10.7. The average Bonchev–Trinajstić information content (AvgIpc) is 2.43. The van der Waals surface area contributed by atoms with Crippen LogP contribution in [0.4, 0.5) is 0 Å². The Bertz CT molecular complexity index is 646. The SMILES string of the molecule is CC1(O)CC(=O)C(C(=O)O)C(/C=C/c2ccccc2)C1C(=O)O. The molecule has 4 atom stereocenters. The highest BCUT2D eigenvalue weighted by Gasteiger charge is 2.54. The fraction of sp³-hybridized carbons (Fsp3) is 0.353. The maximum Gasteiger partial charge on any atom is 0.314 e. The van der Waals surface area contributed by atoms with Crippen LogP contribution in [0.5, 0.6) is 0 Å². The number of benzene rings is 1. The van der Waals surface area contributed by atoms with Crippen LogP contribution in [-0.4, -0.2) is 38.6 Å². The number of carboxylic acids is 2. The van der Waals surface area contributed by atoms with E-state index in [-0.39, 0.29) is 0 Å². The maximum atomic E-state index is 12.1. The van der Waals surface area contributed by atoms with Crippen LogP contribution in [0.2, 0.25) is 0 Å². The lowest BCUT2D eigenvalue weighted by molar-refractivity contribution is -0.169. The third-order valence-electron chi connectivity index (χ3n) is 4.16. The lowest BCUT2D eigenvalue weighted by Gasteiger charge is -2.41. The highest BCUT2D eigenvalue weighted by Crippen LogP contribution is 2.41. The molecule has 0 aliphatic heterocycles. The first-order valence-corrected chi connectivity index (χ1v) is 7.18. The van der Waals surface area contributed by atoms with Gasteiger partial charge in [-0.15, -0.1) is 0 Å². The van der Waals surface area contributed by atoms with Crippen LogP contribution in [0.1, 0.15) is 18.9 Å². The fourth-order valence-electron chi connectivity index (χ4n) is 3.14. The van der Waals surface area contributed by atoms with E-state index in [0.717, 1.165) is 5.56 Å². The molecule has 0 radical (unpaired) electrons. The Hall–Kier alpha value is -2.47. The van der Waals surface area contributed by atoms with Crippen molar-refractivity contribution in [3.8, 4) is 0 Å². The Morgan fingerprint density at radius 1 is 1.17 bits per heavy atom. The molecule has 6 heteroatoms. The number of rotatable bonds is 4. The van der Waals surface area contributed by atoms with Gasteiger partial charge in [-0.1, -0.05) is 42.5 Å². The average molecular weight is 318 g/mol. The number of carbonyl (C=O) groups is 3. The molecule has 0 spiro atoms. The number of carboxylic acid groups (broad SMARTS) is 2. The summed E-state index contributed by atoms with van der Waals surface area (Å²) in [5.74, 6) is -7.34. The first-order valence-electron chi connectivity index (χ1n) is 7.18. The minimum absolute atomic E-state index is 0.489. The first kappa shape index (κ1) is 16.9. The van der Waals surface area contributed by atoms with E-state index in [1.165, 1.54) is 13.0 Å². The van der Waals surface area contributed by atoms with E-state index in [4.69, 9.17) is 0 Å². The van der Waals surface area contributed by atoms with Gasteiger partial charge in [-0.3, -0.25) is 14.4 Å². The number of Topliss-reactive ketones (excluding diaryl/α,β-unsaturated/α-hetero) is 1. The van der Waals surface area contributed by atoms with Crippen molar-refractivity contribution in [3.63, 3.8) is 0 Å². The smallest absolute Gasteiger partial charge is 0.314 e. The van der Waals surface area contributed by atoms with E-state index < -0.39 is 47.5 Å². The van der Waals surface area contributed by atoms with Crippen LogP contribution >= 0.6 is 0 Å². The van der Waals surface area contributed by atoms with Crippen molar-refractivity contribution in [1.82, 2.24) is 0 Å². The molecule has 1 fully saturated rings. The van der Waals surface area contributed by atoms with Crippen molar-refractivity contribution in [2.45, 2.75) is 18.9 Å². The van der Waals surface area contributed by atoms with E-state index in [1.807, 2.05) is 6.07 Å². The molecule has 4 unspecified atom stereocenters. The second-order valence-corrected chi connectivity index (χ2v) is 5.98. The number of allylic oxidation sites excluding steroid dienone is 1. The molecular weight excluding hydrogens is 300 g/mol. The highest BCUT2D eigenvalue weighted by atomic mass is 16.4. The molecule has 1 aromatic carbocycles. The Labute approximate surface area is 133 Å². The van der Waals surface area contributed by atoms with Gasteiger partial charge in [-0.25, -0.2) is 0 Å². The second kappa shape index (κ2) is 6.34. The van der Waals surface area contributed by atoms with Gasteiger partial charge in [0.25, 0.3) is 0 Å². The van der Waals surface area contributed by atoms with Crippen LogP contribution in [0.3, 0.4) is 0 Å². The van der Waals surface area contributed by atoms with Crippen molar-refractivity contribution >= 4 is 23.8 Å². The molecule has 6 nitrogen and oxygen atoms in total. The van der Waals surface area contributed by atoms with Crippen molar-refractivity contribution < 1.29 is 29.7 Å². The van der Waals surface area contributed by atoms with E-state index >= 15 is 0 Å². The van der Waals surface area contributed by atoms with Crippen LogP contribution in [0, 0.1) is 17.8 Å². The Balaban J connectivity index is 2.45. The third kappa shape index (κ3) is 3.48. The molecule has 1 aliphatic rings. The van der Waals surface area contributed by atoms with E-state index in [1.54, 1.807) is 30.3 Å². The summed E-state index contributed by atoms with van der Waals surface area (Å²) < 4.78 is 0. The monoisotopic (exact) mass is 318 g/mol. The van der Waals surface area contributed by atoms with E-state index in [0.29, 0.717) is 0 Å². The minimum Gasteiger partial charge on any atom is -0.481 e. The molecule has 1 saturated carbocycles. The number of aliphatic hydroxyl groups is 1. The quantitative estimate of drug-likeness (QED) is 0.724. The molecule has 0 saturated heterocycles. The summed E-state index contributed by atoms with van der Waals surface area (Å²) in [5.41, 5.74) is -1.04. The Kier molecular flexibility index (Phi) is 4.65. The van der Waals surface area contributed by atoms with Gasteiger partial charge in [0.2, 0.25) is 0 Å². The zero-order chi connectivity index (χ0) is 17.2. The zero-order valence-electron chi connectivity index (χ0n) is 12.5.